The zero-order valence-corrected chi connectivity index (χ0v) is 13.8. The number of anilines is 1. The molecular formula is C16H24N2O2S. The van der Waals surface area contributed by atoms with E-state index in [9.17, 15) is 4.79 Å². The van der Waals surface area contributed by atoms with Crippen LogP contribution < -0.4 is 11.1 Å². The Balaban J connectivity index is 2.37. The minimum absolute atomic E-state index is 0.0343. The molecule has 0 atom stereocenters. The summed E-state index contributed by atoms with van der Waals surface area (Å²) in [6.07, 6.45) is 2.08. The van der Waals surface area contributed by atoms with Crippen molar-refractivity contribution in [1.82, 2.24) is 0 Å². The summed E-state index contributed by atoms with van der Waals surface area (Å²) in [5.41, 5.74) is 6.90. The predicted molar refractivity (Wildman–Crippen MR) is 90.5 cm³/mol. The molecule has 1 amide bonds. The number of hydrogen-bond donors (Lipinski definition) is 2. The molecule has 0 unspecified atom stereocenters. The molecule has 0 aliphatic rings. The van der Waals surface area contributed by atoms with Crippen LogP contribution in [0.3, 0.4) is 0 Å². The normalized spacial score (nSPS) is 11.2. The van der Waals surface area contributed by atoms with E-state index >= 15 is 0 Å². The summed E-state index contributed by atoms with van der Waals surface area (Å²) in [4.78, 5) is 12.2. The van der Waals surface area contributed by atoms with Crippen LogP contribution in [0.5, 0.6) is 0 Å². The Morgan fingerprint density at radius 3 is 2.76 bits per heavy atom. The first-order chi connectivity index (χ1) is 9.84. The summed E-state index contributed by atoms with van der Waals surface area (Å²) in [7, 11) is 0. The Bertz CT molecular complexity index is 501. The first kappa shape index (κ1) is 17.6. The topological polar surface area (TPSA) is 64.3 Å². The molecule has 0 fully saturated rings. The number of carbonyl (C=O) groups is 1. The molecule has 5 heteroatoms. The highest BCUT2D eigenvalue weighted by Crippen LogP contribution is 2.14. The van der Waals surface area contributed by atoms with Crippen LogP contribution in [0.2, 0.25) is 0 Å². The van der Waals surface area contributed by atoms with Gasteiger partial charge in [0.2, 0.25) is 5.91 Å². The quantitative estimate of drug-likeness (QED) is 0.571. The van der Waals surface area contributed by atoms with E-state index in [1.165, 1.54) is 0 Å². The molecule has 0 saturated carbocycles. The average molecular weight is 308 g/mol. The highest BCUT2D eigenvalue weighted by atomic mass is 32.1. The van der Waals surface area contributed by atoms with Gasteiger partial charge >= 0.3 is 0 Å². The summed E-state index contributed by atoms with van der Waals surface area (Å²) < 4.78 is 5.72. The van der Waals surface area contributed by atoms with Crippen LogP contribution in [0.15, 0.2) is 24.3 Å². The van der Waals surface area contributed by atoms with Crippen molar-refractivity contribution in [2.45, 2.75) is 45.6 Å². The fraction of sp³-hybridized carbons (Fsp3) is 0.500. The highest BCUT2D eigenvalue weighted by Gasteiger charge is 2.14. The van der Waals surface area contributed by atoms with Crippen molar-refractivity contribution in [2.24, 2.45) is 5.73 Å². The lowest BCUT2D eigenvalue weighted by Crippen LogP contribution is -2.24. The van der Waals surface area contributed by atoms with Crippen LogP contribution in [-0.2, 0) is 9.53 Å². The van der Waals surface area contributed by atoms with Crippen LogP contribution in [0, 0.1) is 0 Å². The van der Waals surface area contributed by atoms with Crippen molar-refractivity contribution in [1.29, 1.82) is 0 Å². The van der Waals surface area contributed by atoms with Gasteiger partial charge in [0.25, 0.3) is 0 Å². The second-order valence-corrected chi connectivity index (χ2v) is 6.00. The fourth-order valence-electron chi connectivity index (χ4n) is 1.66. The number of thiocarbonyl (C=S) groups is 1. The molecule has 116 valence electrons. The van der Waals surface area contributed by atoms with Gasteiger partial charge in [-0.3, -0.25) is 4.79 Å². The van der Waals surface area contributed by atoms with E-state index in [1.807, 2.05) is 32.0 Å². The summed E-state index contributed by atoms with van der Waals surface area (Å²) in [6.45, 7) is 6.77. The Labute approximate surface area is 132 Å². The zero-order valence-electron chi connectivity index (χ0n) is 12.9. The zero-order chi connectivity index (χ0) is 15.9. The van der Waals surface area contributed by atoms with Crippen LogP contribution in [0.1, 0.15) is 45.6 Å². The van der Waals surface area contributed by atoms with Gasteiger partial charge in [-0.1, -0.05) is 31.3 Å². The highest BCUT2D eigenvalue weighted by molar-refractivity contribution is 7.80. The van der Waals surface area contributed by atoms with E-state index in [0.29, 0.717) is 30.1 Å². The van der Waals surface area contributed by atoms with Crippen molar-refractivity contribution in [3.8, 4) is 0 Å². The Morgan fingerprint density at radius 1 is 1.43 bits per heavy atom. The first-order valence-corrected chi connectivity index (χ1v) is 7.58. The maximum Gasteiger partial charge on any atom is 0.224 e. The summed E-state index contributed by atoms with van der Waals surface area (Å²) in [5, 5.41) is 2.84. The third kappa shape index (κ3) is 6.69. The van der Waals surface area contributed by atoms with Crippen LogP contribution in [-0.4, -0.2) is 23.1 Å². The van der Waals surface area contributed by atoms with Crippen LogP contribution >= 0.6 is 12.2 Å². The van der Waals surface area contributed by atoms with E-state index in [2.05, 4.69) is 12.2 Å². The predicted octanol–water partition coefficient (Wildman–Crippen LogP) is 3.24. The van der Waals surface area contributed by atoms with Gasteiger partial charge < -0.3 is 15.8 Å². The molecule has 21 heavy (non-hydrogen) atoms. The van der Waals surface area contributed by atoms with Gasteiger partial charge in [0.1, 0.15) is 4.99 Å². The van der Waals surface area contributed by atoms with Gasteiger partial charge in [-0.25, -0.2) is 0 Å². The number of nitrogens with two attached hydrogens (primary N) is 1. The number of ether oxygens (including phenoxy) is 1. The second kappa shape index (κ2) is 8.10. The molecule has 0 spiro atoms. The third-order valence-electron chi connectivity index (χ3n) is 3.32. The van der Waals surface area contributed by atoms with E-state index in [0.717, 1.165) is 12.0 Å². The van der Waals surface area contributed by atoms with Gasteiger partial charge in [-0.2, -0.15) is 0 Å². The number of rotatable bonds is 8. The number of benzene rings is 1. The lowest BCUT2D eigenvalue weighted by atomic mass is 10.1. The lowest BCUT2D eigenvalue weighted by Gasteiger charge is -2.23. The average Bonchev–Trinajstić information content (AvgIpc) is 2.44. The van der Waals surface area contributed by atoms with E-state index < -0.39 is 0 Å². The molecule has 0 aliphatic carbocycles. The van der Waals surface area contributed by atoms with Crippen molar-refractivity contribution in [2.75, 3.05) is 11.9 Å². The number of nitrogens with one attached hydrogen (secondary N) is 1. The number of amides is 1. The van der Waals surface area contributed by atoms with E-state index in [1.54, 1.807) is 6.07 Å². The molecule has 0 aromatic heterocycles. The smallest absolute Gasteiger partial charge is 0.224 e. The van der Waals surface area contributed by atoms with Gasteiger partial charge in [0.05, 0.1) is 5.60 Å². The monoisotopic (exact) mass is 308 g/mol. The summed E-state index contributed by atoms with van der Waals surface area (Å²) in [6, 6.07) is 7.23. The van der Waals surface area contributed by atoms with Crippen LogP contribution in [0.4, 0.5) is 5.69 Å². The molecule has 0 aliphatic heterocycles. The largest absolute Gasteiger partial charge is 0.389 e. The van der Waals surface area contributed by atoms with Crippen molar-refractivity contribution in [3.05, 3.63) is 29.8 Å². The molecule has 1 rings (SSSR count). The summed E-state index contributed by atoms with van der Waals surface area (Å²) in [5.74, 6) is -0.0343. The fourth-order valence-corrected chi connectivity index (χ4v) is 1.78. The lowest BCUT2D eigenvalue weighted by molar-refractivity contribution is -0.117. The Kier molecular flexibility index (Phi) is 6.78. The standard InChI is InChI=1S/C16H24N2O2S/c1-4-16(2,3)20-10-6-9-14(19)18-13-8-5-7-12(11-13)15(17)21/h5,7-8,11H,4,6,9-10H2,1-3H3,(H2,17,21)(H,18,19). The third-order valence-corrected chi connectivity index (χ3v) is 3.56. The molecule has 0 bridgehead atoms. The minimum atomic E-state index is -0.123. The molecule has 1 aromatic carbocycles. The van der Waals surface area contributed by atoms with Gasteiger partial charge in [0.15, 0.2) is 0 Å². The molecule has 4 nitrogen and oxygen atoms in total. The maximum absolute atomic E-state index is 11.9. The molecule has 0 heterocycles. The van der Waals surface area contributed by atoms with Gasteiger partial charge in [-0.05, 0) is 38.8 Å². The van der Waals surface area contributed by atoms with Crippen molar-refractivity contribution >= 4 is 28.8 Å². The summed E-state index contributed by atoms with van der Waals surface area (Å²) >= 11 is 4.92. The van der Waals surface area contributed by atoms with E-state index in [4.69, 9.17) is 22.7 Å². The second-order valence-electron chi connectivity index (χ2n) is 5.56. The van der Waals surface area contributed by atoms with Crippen molar-refractivity contribution < 1.29 is 9.53 Å². The van der Waals surface area contributed by atoms with Gasteiger partial charge in [-0.15, -0.1) is 0 Å². The Hall–Kier alpha value is -1.46. The molecular weight excluding hydrogens is 284 g/mol. The Morgan fingerprint density at radius 2 is 2.14 bits per heavy atom. The minimum Gasteiger partial charge on any atom is -0.389 e. The molecule has 3 N–H and O–H groups in total. The van der Waals surface area contributed by atoms with Gasteiger partial charge in [0, 0.05) is 24.3 Å². The SMILES string of the molecule is CCC(C)(C)OCCCC(=O)Nc1cccc(C(N)=S)c1. The first-order valence-electron chi connectivity index (χ1n) is 7.18. The van der Waals surface area contributed by atoms with Crippen LogP contribution in [0.25, 0.3) is 0 Å². The van der Waals surface area contributed by atoms with E-state index in [-0.39, 0.29) is 11.5 Å². The maximum atomic E-state index is 11.9. The molecule has 1 aromatic rings. The molecule has 0 radical (unpaired) electrons. The number of carbonyl (C=O) groups excluding carboxylic acids is 1. The molecule has 0 saturated heterocycles. The number of hydrogen-bond acceptors (Lipinski definition) is 3. The van der Waals surface area contributed by atoms with Crippen molar-refractivity contribution in [3.63, 3.8) is 0 Å².